The summed E-state index contributed by atoms with van der Waals surface area (Å²) in [5, 5.41) is 22.5. The van der Waals surface area contributed by atoms with E-state index in [1.54, 1.807) is 12.1 Å². The number of halogens is 5. The van der Waals surface area contributed by atoms with Crippen LogP contribution in [-0.2, 0) is 14.4 Å². The van der Waals surface area contributed by atoms with Crippen LogP contribution in [0.1, 0.15) is 49.4 Å². The molecule has 2 N–H and O–H groups in total. The van der Waals surface area contributed by atoms with Gasteiger partial charge in [-0.15, -0.1) is 0 Å². The summed E-state index contributed by atoms with van der Waals surface area (Å²) in [5.74, 6) is -8.45. The van der Waals surface area contributed by atoms with E-state index < -0.39 is 90.4 Å². The molecule has 3 amide bonds. The van der Waals surface area contributed by atoms with Gasteiger partial charge < -0.3 is 10.4 Å². The lowest BCUT2D eigenvalue weighted by atomic mass is 9.91. The van der Waals surface area contributed by atoms with Crippen LogP contribution in [0.4, 0.5) is 29.2 Å². The number of nitriles is 1. The fourth-order valence-electron chi connectivity index (χ4n) is 5.51. The Bertz CT molecular complexity index is 1660. The predicted octanol–water partition coefficient (Wildman–Crippen LogP) is 4.21. The number of anilines is 2. The zero-order valence-electron chi connectivity index (χ0n) is 23.3. The van der Waals surface area contributed by atoms with Crippen LogP contribution in [0.2, 0.25) is 5.02 Å². The molecule has 45 heavy (non-hydrogen) atoms. The topological polar surface area (TPSA) is 140 Å². The van der Waals surface area contributed by atoms with Gasteiger partial charge in [-0.3, -0.25) is 24.2 Å². The van der Waals surface area contributed by atoms with Gasteiger partial charge in [-0.05, 0) is 37.1 Å². The lowest BCUT2D eigenvalue weighted by Gasteiger charge is -2.36. The largest absolute Gasteiger partial charge is 0.383 e. The number of hydrogen-bond acceptors (Lipinski definition) is 7. The summed E-state index contributed by atoms with van der Waals surface area (Å²) in [7, 11) is 0. The number of rotatable bonds is 7. The van der Waals surface area contributed by atoms with Crippen LogP contribution >= 0.6 is 11.6 Å². The summed E-state index contributed by atoms with van der Waals surface area (Å²) in [6.45, 7) is 0. The van der Waals surface area contributed by atoms with E-state index in [1.807, 2.05) is 0 Å². The van der Waals surface area contributed by atoms with E-state index in [9.17, 15) is 42.3 Å². The fraction of sp³-hybridized carbons (Fsp3) is 0.333. The molecule has 15 heteroatoms. The summed E-state index contributed by atoms with van der Waals surface area (Å²) in [4.78, 5) is 51.1. The fourth-order valence-corrected chi connectivity index (χ4v) is 5.75. The van der Waals surface area contributed by atoms with Crippen molar-refractivity contribution in [3.63, 3.8) is 0 Å². The van der Waals surface area contributed by atoms with E-state index in [2.05, 4.69) is 15.3 Å². The van der Waals surface area contributed by atoms with E-state index in [4.69, 9.17) is 11.6 Å². The lowest BCUT2D eigenvalue weighted by molar-refractivity contribution is -0.128. The number of alkyl halides is 2. The average molecular weight is 645 g/mol. The minimum atomic E-state index is -2.89. The van der Waals surface area contributed by atoms with Crippen LogP contribution in [-0.4, -0.2) is 56.9 Å². The maximum Gasteiger partial charge on any atom is 0.259 e. The van der Waals surface area contributed by atoms with Crippen molar-refractivity contribution < 1.29 is 37.1 Å². The van der Waals surface area contributed by atoms with Gasteiger partial charge in [-0.1, -0.05) is 29.8 Å². The van der Waals surface area contributed by atoms with E-state index in [0.717, 1.165) is 28.1 Å². The molecule has 3 aromatic rings. The molecule has 2 fully saturated rings. The Balaban J connectivity index is 1.63. The van der Waals surface area contributed by atoms with Gasteiger partial charge in [-0.2, -0.15) is 5.26 Å². The summed E-state index contributed by atoms with van der Waals surface area (Å²) in [6.07, 6.45) is -2.19. The highest BCUT2D eigenvalue weighted by Crippen LogP contribution is 2.38. The molecule has 5 rings (SSSR count). The second-order valence-electron chi connectivity index (χ2n) is 10.7. The molecule has 0 bridgehead atoms. The van der Waals surface area contributed by atoms with Crippen LogP contribution in [0.25, 0.3) is 0 Å². The Labute approximate surface area is 259 Å². The van der Waals surface area contributed by atoms with Gasteiger partial charge >= 0.3 is 0 Å². The standard InChI is InChI=1S/C30H25ClF4N6O4/c31-22-4-2-1-3-21(22)25(26(43)38-18-5-8-30(34,35)9-6-18)40(20-12-16(32)11-17(33)13-20)27(44)23-14-24(42)28(45)41(23)29-37-10-7-19(15-36)39-29/h1-4,7,10-13,18,23-25,42H,5-6,8-9,14H2,(H,38,43)/t23?,24?,25-/m1/s1. The number of amides is 3. The smallest absolute Gasteiger partial charge is 0.259 e. The Kier molecular flexibility index (Phi) is 9.03. The Morgan fingerprint density at radius 3 is 2.44 bits per heavy atom. The molecule has 3 atom stereocenters. The third-order valence-corrected chi connectivity index (χ3v) is 8.02. The third-order valence-electron chi connectivity index (χ3n) is 7.67. The number of aromatic nitrogens is 2. The van der Waals surface area contributed by atoms with E-state index >= 15 is 0 Å². The minimum absolute atomic E-state index is 0.00746. The van der Waals surface area contributed by atoms with E-state index in [1.165, 1.54) is 24.3 Å². The van der Waals surface area contributed by atoms with Gasteiger partial charge in [0.05, 0.1) is 5.69 Å². The number of nitrogens with one attached hydrogen (secondary N) is 1. The summed E-state index contributed by atoms with van der Waals surface area (Å²) < 4.78 is 57.0. The first kappa shape index (κ1) is 31.8. The molecule has 234 valence electrons. The van der Waals surface area contributed by atoms with Gasteiger partial charge in [-0.25, -0.2) is 27.5 Å². The highest BCUT2D eigenvalue weighted by atomic mass is 35.5. The minimum Gasteiger partial charge on any atom is -0.383 e. The van der Waals surface area contributed by atoms with Crippen LogP contribution in [0.15, 0.2) is 54.7 Å². The second-order valence-corrected chi connectivity index (χ2v) is 11.1. The van der Waals surface area contributed by atoms with Gasteiger partial charge in [0.2, 0.25) is 17.8 Å². The SMILES string of the molecule is N#Cc1ccnc(N2C(=O)C(O)CC2C(=O)N(c2cc(F)cc(F)c2)[C@@H](C(=O)NC2CCC(F)(F)CC2)c2ccccc2Cl)n1. The first-order valence-corrected chi connectivity index (χ1v) is 14.2. The normalized spacial score (nSPS) is 20.4. The van der Waals surface area contributed by atoms with Crippen molar-refractivity contribution in [2.45, 2.75) is 62.3 Å². The zero-order chi connectivity index (χ0) is 32.5. The van der Waals surface area contributed by atoms with Crippen molar-refractivity contribution in [2.75, 3.05) is 9.80 Å². The summed E-state index contributed by atoms with van der Waals surface area (Å²) >= 11 is 6.49. The van der Waals surface area contributed by atoms with Crippen LogP contribution < -0.4 is 15.1 Å². The predicted molar refractivity (Wildman–Crippen MR) is 152 cm³/mol. The second kappa shape index (κ2) is 12.8. The van der Waals surface area contributed by atoms with Gasteiger partial charge in [0.15, 0.2) is 0 Å². The molecule has 2 aliphatic rings. The number of benzene rings is 2. The number of carbonyl (C=O) groups is 3. The van der Waals surface area contributed by atoms with Crippen molar-refractivity contribution in [1.29, 1.82) is 5.26 Å². The molecule has 2 unspecified atom stereocenters. The first-order valence-electron chi connectivity index (χ1n) is 13.8. The maximum atomic E-state index is 14.6. The van der Waals surface area contributed by atoms with Crippen molar-refractivity contribution in [3.05, 3.63) is 82.6 Å². The van der Waals surface area contributed by atoms with E-state index in [-0.39, 0.29) is 29.1 Å². The molecule has 1 aliphatic heterocycles. The van der Waals surface area contributed by atoms with Gasteiger partial charge in [0.1, 0.15) is 41.6 Å². The Morgan fingerprint density at radius 1 is 1.13 bits per heavy atom. The van der Waals surface area contributed by atoms with Crippen molar-refractivity contribution in [2.24, 2.45) is 0 Å². The number of hydrogen-bond donors (Lipinski definition) is 2. The molecule has 1 aromatic heterocycles. The Morgan fingerprint density at radius 2 is 1.80 bits per heavy atom. The molecule has 1 saturated carbocycles. The number of nitrogens with zero attached hydrogens (tertiary/aromatic N) is 5. The zero-order valence-corrected chi connectivity index (χ0v) is 24.1. The summed E-state index contributed by atoms with van der Waals surface area (Å²) in [5.41, 5.74) is -0.570. The molecule has 10 nitrogen and oxygen atoms in total. The molecule has 2 heterocycles. The van der Waals surface area contributed by atoms with Crippen LogP contribution in [0, 0.1) is 23.0 Å². The molecule has 1 saturated heterocycles. The Hall–Kier alpha value is -4.61. The lowest BCUT2D eigenvalue weighted by Crippen LogP contribution is -2.53. The molecular formula is C30H25ClF4N6O4. The van der Waals surface area contributed by atoms with Gasteiger partial charge in [0.25, 0.3) is 11.8 Å². The quantitative estimate of drug-likeness (QED) is 0.367. The van der Waals surface area contributed by atoms with Crippen LogP contribution in [0.5, 0.6) is 0 Å². The highest BCUT2D eigenvalue weighted by Gasteiger charge is 2.49. The maximum absolute atomic E-state index is 14.6. The molecular weight excluding hydrogens is 620 g/mol. The average Bonchev–Trinajstić information content (AvgIpc) is 3.30. The molecule has 0 radical (unpaired) electrons. The van der Waals surface area contributed by atoms with E-state index in [0.29, 0.717) is 6.07 Å². The van der Waals surface area contributed by atoms with Crippen LogP contribution in [0.3, 0.4) is 0 Å². The van der Waals surface area contributed by atoms with Crippen molar-refractivity contribution in [3.8, 4) is 6.07 Å². The van der Waals surface area contributed by atoms with Crippen molar-refractivity contribution >= 4 is 41.0 Å². The monoisotopic (exact) mass is 644 g/mol. The molecule has 2 aromatic carbocycles. The third kappa shape index (κ3) is 6.74. The number of carbonyl (C=O) groups excluding carboxylic acids is 3. The van der Waals surface area contributed by atoms with Crippen molar-refractivity contribution in [1.82, 2.24) is 15.3 Å². The molecule has 0 spiro atoms. The molecule has 1 aliphatic carbocycles. The number of aliphatic hydroxyl groups is 1. The van der Waals surface area contributed by atoms with Gasteiger partial charge in [0, 0.05) is 48.2 Å². The highest BCUT2D eigenvalue weighted by molar-refractivity contribution is 6.31. The first-order chi connectivity index (χ1) is 21.4. The summed E-state index contributed by atoms with van der Waals surface area (Å²) in [6, 6.07) is 7.00. The number of aliphatic hydroxyl groups excluding tert-OH is 1.